The van der Waals surface area contributed by atoms with Gasteiger partial charge in [0.2, 0.25) is 0 Å². The van der Waals surface area contributed by atoms with Gasteiger partial charge in [-0.05, 0) is 31.7 Å². The number of hydrogen-bond donors (Lipinski definition) is 1. The molecule has 0 amide bonds. The van der Waals surface area contributed by atoms with Crippen LogP contribution in [0.4, 0.5) is 0 Å². The van der Waals surface area contributed by atoms with Crippen LogP contribution in [0.15, 0.2) is 36.4 Å². The zero-order chi connectivity index (χ0) is 16.3. The predicted octanol–water partition coefficient (Wildman–Crippen LogP) is 3.34. The summed E-state index contributed by atoms with van der Waals surface area (Å²) < 4.78 is 10.9. The maximum Gasteiger partial charge on any atom is 0.130 e. The van der Waals surface area contributed by atoms with Gasteiger partial charge in [0.25, 0.3) is 0 Å². The van der Waals surface area contributed by atoms with Crippen molar-refractivity contribution in [3.05, 3.63) is 42.0 Å². The predicted molar refractivity (Wildman–Crippen MR) is 93.9 cm³/mol. The number of ether oxygens (including phenoxy) is 2. The maximum absolute atomic E-state index is 10.6. The van der Waals surface area contributed by atoms with Crippen LogP contribution in [0.3, 0.4) is 0 Å². The molecule has 0 aliphatic rings. The first kappa shape index (κ1) is 16.6. The minimum atomic E-state index is -0.102. The van der Waals surface area contributed by atoms with Crippen LogP contribution in [-0.4, -0.2) is 19.3 Å². The number of phenolic OH excluding ortho intramolecular Hbond substituents is 1. The molecular weight excluding hydrogens is 295 g/mol. The largest absolute Gasteiger partial charge is 0.507 e. The van der Waals surface area contributed by atoms with Gasteiger partial charge in [-0.2, -0.15) is 0 Å². The molecule has 0 radical (unpaired) electrons. The Bertz CT molecular complexity index is 638. The van der Waals surface area contributed by atoms with Crippen molar-refractivity contribution in [2.75, 3.05) is 14.2 Å². The Morgan fingerprint density at radius 2 is 1.45 bits per heavy atom. The second-order valence-electron chi connectivity index (χ2n) is 6.11. The lowest BCUT2D eigenvalue weighted by Gasteiger charge is -2.22. The molecule has 22 heavy (non-hydrogen) atoms. The lowest BCUT2D eigenvalue weighted by molar-refractivity contribution is 0.401. The van der Waals surface area contributed by atoms with E-state index in [0.29, 0.717) is 5.75 Å². The highest BCUT2D eigenvalue weighted by molar-refractivity contribution is 7.56. The summed E-state index contributed by atoms with van der Waals surface area (Å²) in [6, 6.07) is 11.6. The highest BCUT2D eigenvalue weighted by Gasteiger charge is 2.21. The lowest BCUT2D eigenvalue weighted by atomic mass is 9.86. The summed E-state index contributed by atoms with van der Waals surface area (Å²) in [7, 11) is 3.56. The summed E-state index contributed by atoms with van der Waals surface area (Å²) in [6.07, 6.45) is 0. The number of hydrogen-bond acceptors (Lipinski definition) is 3. The zero-order valence-electron chi connectivity index (χ0n) is 13.7. The third kappa shape index (κ3) is 3.36. The van der Waals surface area contributed by atoms with Crippen LogP contribution in [-0.2, 0) is 5.41 Å². The van der Waals surface area contributed by atoms with Gasteiger partial charge in [0.05, 0.1) is 19.5 Å². The fraction of sp³-hybridized carbons (Fsp3) is 0.333. The van der Waals surface area contributed by atoms with E-state index in [1.54, 1.807) is 14.2 Å². The van der Waals surface area contributed by atoms with Crippen molar-refractivity contribution in [1.82, 2.24) is 0 Å². The molecule has 0 saturated heterocycles. The van der Waals surface area contributed by atoms with Crippen LogP contribution in [0.1, 0.15) is 26.3 Å². The lowest BCUT2D eigenvalue weighted by Crippen LogP contribution is -2.16. The summed E-state index contributed by atoms with van der Waals surface area (Å²) >= 11 is 0. The number of para-hydroxylation sites is 1. The summed E-state index contributed by atoms with van der Waals surface area (Å²) in [4.78, 5) is 0. The van der Waals surface area contributed by atoms with E-state index in [9.17, 15) is 5.11 Å². The van der Waals surface area contributed by atoms with Gasteiger partial charge in [0, 0.05) is 5.30 Å². The Kier molecular flexibility index (Phi) is 4.97. The van der Waals surface area contributed by atoms with Crippen molar-refractivity contribution in [2.24, 2.45) is 0 Å². The van der Waals surface area contributed by atoms with E-state index < -0.39 is 0 Å². The topological polar surface area (TPSA) is 38.7 Å². The minimum absolute atomic E-state index is 0.102. The van der Waals surface area contributed by atoms with Crippen molar-refractivity contribution in [3.63, 3.8) is 0 Å². The minimum Gasteiger partial charge on any atom is -0.507 e. The monoisotopic (exact) mass is 318 g/mol. The maximum atomic E-state index is 10.6. The summed E-state index contributed by atoms with van der Waals surface area (Å²) in [5, 5.41) is 12.5. The summed E-state index contributed by atoms with van der Waals surface area (Å²) in [5.41, 5.74) is 0.849. The van der Waals surface area contributed by atoms with E-state index in [-0.39, 0.29) is 14.0 Å². The Hall–Kier alpha value is -1.73. The molecule has 0 saturated carbocycles. The quantitative estimate of drug-likeness (QED) is 0.879. The Labute approximate surface area is 134 Å². The molecule has 4 heteroatoms. The molecule has 2 aromatic rings. The van der Waals surface area contributed by atoms with Crippen molar-refractivity contribution in [2.45, 2.75) is 26.2 Å². The van der Waals surface area contributed by atoms with Gasteiger partial charge in [-0.1, -0.05) is 45.0 Å². The van der Waals surface area contributed by atoms with Gasteiger partial charge in [0.15, 0.2) is 0 Å². The first-order chi connectivity index (χ1) is 10.4. The van der Waals surface area contributed by atoms with Crippen LogP contribution in [0.5, 0.6) is 17.2 Å². The Balaban J connectivity index is 2.49. The van der Waals surface area contributed by atoms with Crippen LogP contribution < -0.4 is 20.1 Å². The van der Waals surface area contributed by atoms with E-state index in [0.717, 1.165) is 27.7 Å². The molecule has 118 valence electrons. The van der Waals surface area contributed by atoms with Gasteiger partial charge >= 0.3 is 0 Å². The van der Waals surface area contributed by atoms with Gasteiger partial charge in [0.1, 0.15) is 17.2 Å². The molecule has 0 fully saturated rings. The summed E-state index contributed by atoms with van der Waals surface area (Å²) in [5.74, 6) is 1.91. The third-order valence-corrected chi connectivity index (χ3v) is 4.95. The second kappa shape index (κ2) is 6.58. The molecule has 0 aromatic heterocycles. The molecule has 1 atom stereocenters. The van der Waals surface area contributed by atoms with Gasteiger partial charge < -0.3 is 14.6 Å². The molecule has 3 nitrogen and oxygen atoms in total. The van der Waals surface area contributed by atoms with Crippen molar-refractivity contribution < 1.29 is 14.6 Å². The molecule has 2 rings (SSSR count). The fourth-order valence-electron chi connectivity index (χ4n) is 2.36. The highest BCUT2D eigenvalue weighted by Crippen LogP contribution is 2.34. The molecule has 1 N–H and O–H groups in total. The normalized spacial score (nSPS) is 11.9. The number of methoxy groups -OCH3 is 2. The van der Waals surface area contributed by atoms with E-state index in [1.165, 1.54) is 0 Å². The van der Waals surface area contributed by atoms with E-state index >= 15 is 0 Å². The van der Waals surface area contributed by atoms with E-state index in [2.05, 4.69) is 20.8 Å². The standard InChI is InChI=1S/C18H23O3P/c1-18(2,3)12-8-6-11-15(16(12)19)22-17-13(20-4)9-7-10-14(17)21-5/h6-11,19,22H,1-5H3. The highest BCUT2D eigenvalue weighted by atomic mass is 31.1. The SMILES string of the molecule is COc1cccc(OC)c1Pc1cccc(C(C)(C)C)c1O. The van der Waals surface area contributed by atoms with Crippen LogP contribution >= 0.6 is 8.58 Å². The third-order valence-electron chi connectivity index (χ3n) is 3.53. The van der Waals surface area contributed by atoms with Gasteiger partial charge in [-0.25, -0.2) is 0 Å². The summed E-state index contributed by atoms with van der Waals surface area (Å²) in [6.45, 7) is 6.29. The molecule has 0 aliphatic heterocycles. The average Bonchev–Trinajstić information content (AvgIpc) is 2.48. The first-order valence-corrected chi connectivity index (χ1v) is 8.19. The van der Waals surface area contributed by atoms with Gasteiger partial charge in [-0.3, -0.25) is 0 Å². The molecular formula is C18H23O3P. The number of phenols is 1. The van der Waals surface area contributed by atoms with E-state index in [4.69, 9.17) is 9.47 Å². The van der Waals surface area contributed by atoms with Crippen LogP contribution in [0.25, 0.3) is 0 Å². The number of rotatable bonds is 4. The Morgan fingerprint density at radius 1 is 0.909 bits per heavy atom. The second-order valence-corrected chi connectivity index (χ2v) is 7.40. The molecule has 2 aromatic carbocycles. The van der Waals surface area contributed by atoms with Crippen LogP contribution in [0, 0.1) is 0 Å². The van der Waals surface area contributed by atoms with Crippen molar-refractivity contribution in [3.8, 4) is 17.2 Å². The average molecular weight is 318 g/mol. The zero-order valence-corrected chi connectivity index (χ0v) is 14.7. The van der Waals surface area contributed by atoms with Crippen molar-refractivity contribution >= 4 is 19.2 Å². The molecule has 0 spiro atoms. The number of benzene rings is 2. The van der Waals surface area contributed by atoms with E-state index in [1.807, 2.05) is 36.4 Å². The molecule has 0 heterocycles. The molecule has 0 aliphatic carbocycles. The first-order valence-electron chi connectivity index (χ1n) is 7.19. The van der Waals surface area contributed by atoms with Crippen LogP contribution in [0.2, 0.25) is 0 Å². The smallest absolute Gasteiger partial charge is 0.130 e. The Morgan fingerprint density at radius 3 is 1.95 bits per heavy atom. The molecule has 1 unspecified atom stereocenters. The molecule has 0 bridgehead atoms. The number of aromatic hydroxyl groups is 1. The fourth-order valence-corrected chi connectivity index (χ4v) is 3.68. The van der Waals surface area contributed by atoms with Gasteiger partial charge in [-0.15, -0.1) is 0 Å². The van der Waals surface area contributed by atoms with Crippen molar-refractivity contribution in [1.29, 1.82) is 0 Å².